The fourth-order valence-corrected chi connectivity index (χ4v) is 1.76. The van der Waals surface area contributed by atoms with Gasteiger partial charge in [0.2, 0.25) is 5.91 Å². The molecule has 1 heterocycles. The number of aromatic nitrogens is 1. The highest BCUT2D eigenvalue weighted by Crippen LogP contribution is 2.18. The average molecular weight is 336 g/mol. The number of carbonyl (C=O) groups excluding carboxylic acids is 1. The molecule has 24 heavy (non-hydrogen) atoms. The largest absolute Gasteiger partial charge is 0.484 e. The Morgan fingerprint density at radius 3 is 2.58 bits per heavy atom. The van der Waals surface area contributed by atoms with Gasteiger partial charge in [-0.2, -0.15) is 13.2 Å². The number of nitrogens with one attached hydrogen (secondary N) is 1. The van der Waals surface area contributed by atoms with Gasteiger partial charge in [-0.3, -0.25) is 9.78 Å². The van der Waals surface area contributed by atoms with Gasteiger partial charge in [0.1, 0.15) is 5.75 Å². The first-order valence-electron chi connectivity index (χ1n) is 7.07. The van der Waals surface area contributed by atoms with Crippen LogP contribution >= 0.6 is 0 Å². The Labute approximate surface area is 137 Å². The van der Waals surface area contributed by atoms with Gasteiger partial charge in [-0.15, -0.1) is 0 Å². The molecule has 1 aromatic carbocycles. The van der Waals surface area contributed by atoms with E-state index in [4.69, 9.17) is 0 Å². The van der Waals surface area contributed by atoms with E-state index in [0.29, 0.717) is 0 Å². The van der Waals surface area contributed by atoms with Crippen molar-refractivity contribution in [2.45, 2.75) is 12.7 Å². The van der Waals surface area contributed by atoms with Gasteiger partial charge < -0.3 is 10.1 Å². The third kappa shape index (κ3) is 6.51. The predicted molar refractivity (Wildman–Crippen MR) is 83.1 cm³/mol. The van der Waals surface area contributed by atoms with Crippen LogP contribution in [0.5, 0.6) is 5.75 Å². The van der Waals surface area contributed by atoms with Gasteiger partial charge in [-0.25, -0.2) is 0 Å². The number of amides is 1. The zero-order valence-electron chi connectivity index (χ0n) is 12.6. The van der Waals surface area contributed by atoms with Crippen molar-refractivity contribution in [1.82, 2.24) is 10.3 Å². The summed E-state index contributed by atoms with van der Waals surface area (Å²) in [5, 5.41) is 2.68. The summed E-state index contributed by atoms with van der Waals surface area (Å²) in [6.45, 7) is -1.07. The maximum Gasteiger partial charge on any atom is 0.422 e. The quantitative estimate of drug-likeness (QED) is 0.823. The Bertz CT molecular complexity index is 683. The lowest BCUT2D eigenvalue weighted by atomic mass is 10.2. The van der Waals surface area contributed by atoms with Gasteiger partial charge in [-0.05, 0) is 35.4 Å². The van der Waals surface area contributed by atoms with Crippen molar-refractivity contribution in [3.63, 3.8) is 0 Å². The van der Waals surface area contributed by atoms with Crippen LogP contribution in [0.15, 0.2) is 54.9 Å². The number of benzene rings is 1. The normalized spacial score (nSPS) is 11.5. The van der Waals surface area contributed by atoms with Crippen molar-refractivity contribution < 1.29 is 22.7 Å². The van der Waals surface area contributed by atoms with E-state index in [-0.39, 0.29) is 18.2 Å². The van der Waals surface area contributed by atoms with Gasteiger partial charge in [0, 0.05) is 25.0 Å². The minimum absolute atomic E-state index is 0.124. The van der Waals surface area contributed by atoms with Crippen molar-refractivity contribution in [1.29, 1.82) is 0 Å². The third-order valence-electron chi connectivity index (χ3n) is 2.90. The summed E-state index contributed by atoms with van der Waals surface area (Å²) in [7, 11) is 0. The molecule has 1 aromatic heterocycles. The van der Waals surface area contributed by atoms with Crippen LogP contribution in [0.1, 0.15) is 11.1 Å². The zero-order valence-corrected chi connectivity index (χ0v) is 12.6. The number of carbonyl (C=O) groups is 1. The standard InChI is InChI=1S/C17H15F3N2O2/c18-17(19,20)12-24-15-6-3-14(4-7-15)11-22-16(23)8-5-13-2-1-9-21-10-13/h1-10H,11-12H2,(H,22,23)/b8-5+. The minimum atomic E-state index is -4.37. The monoisotopic (exact) mass is 336 g/mol. The second kappa shape index (κ2) is 8.14. The topological polar surface area (TPSA) is 51.2 Å². The van der Waals surface area contributed by atoms with Crippen LogP contribution in [0, 0.1) is 0 Å². The number of nitrogens with zero attached hydrogens (tertiary/aromatic N) is 1. The average Bonchev–Trinajstić information content (AvgIpc) is 2.57. The van der Waals surface area contributed by atoms with Crippen molar-refractivity contribution >= 4 is 12.0 Å². The van der Waals surface area contributed by atoms with E-state index < -0.39 is 12.8 Å². The van der Waals surface area contributed by atoms with E-state index in [0.717, 1.165) is 11.1 Å². The Kier molecular flexibility index (Phi) is 5.95. The molecule has 0 aliphatic heterocycles. The van der Waals surface area contributed by atoms with Crippen LogP contribution in [-0.2, 0) is 11.3 Å². The summed E-state index contributed by atoms with van der Waals surface area (Å²) in [5.41, 5.74) is 1.55. The highest BCUT2D eigenvalue weighted by molar-refractivity contribution is 5.91. The maximum absolute atomic E-state index is 12.0. The fraction of sp³-hybridized carbons (Fsp3) is 0.176. The number of hydrogen-bond donors (Lipinski definition) is 1. The minimum Gasteiger partial charge on any atom is -0.484 e. The first-order chi connectivity index (χ1) is 11.4. The summed E-state index contributed by atoms with van der Waals surface area (Å²) in [5.74, 6) is -0.157. The van der Waals surface area contributed by atoms with Crippen LogP contribution in [-0.4, -0.2) is 23.7 Å². The van der Waals surface area contributed by atoms with Crippen molar-refractivity contribution in [2.75, 3.05) is 6.61 Å². The molecule has 4 nitrogen and oxygen atoms in total. The number of hydrogen-bond acceptors (Lipinski definition) is 3. The first kappa shape index (κ1) is 17.5. The van der Waals surface area contributed by atoms with E-state index in [1.54, 1.807) is 36.7 Å². The Hall–Kier alpha value is -2.83. The molecule has 1 amide bonds. The van der Waals surface area contributed by atoms with E-state index >= 15 is 0 Å². The van der Waals surface area contributed by atoms with Crippen LogP contribution in [0.25, 0.3) is 6.08 Å². The molecule has 0 radical (unpaired) electrons. The highest BCUT2D eigenvalue weighted by atomic mass is 19.4. The molecule has 7 heteroatoms. The number of alkyl halides is 3. The summed E-state index contributed by atoms with van der Waals surface area (Å²) in [4.78, 5) is 15.6. The molecule has 0 saturated heterocycles. The SMILES string of the molecule is O=C(/C=C/c1cccnc1)NCc1ccc(OCC(F)(F)F)cc1. The fourth-order valence-electron chi connectivity index (χ4n) is 1.76. The molecule has 0 aliphatic rings. The molecule has 0 saturated carbocycles. The van der Waals surface area contributed by atoms with Crippen LogP contribution in [0.3, 0.4) is 0 Å². The molecular weight excluding hydrogens is 321 g/mol. The molecule has 0 aliphatic carbocycles. The molecule has 0 unspecified atom stereocenters. The van der Waals surface area contributed by atoms with Gasteiger partial charge in [0.05, 0.1) is 0 Å². The molecule has 1 N–H and O–H groups in total. The van der Waals surface area contributed by atoms with Gasteiger partial charge >= 0.3 is 6.18 Å². The smallest absolute Gasteiger partial charge is 0.422 e. The molecule has 0 atom stereocenters. The number of rotatable bonds is 6. The Morgan fingerprint density at radius 2 is 1.96 bits per heavy atom. The Balaban J connectivity index is 1.79. The number of ether oxygens (including phenoxy) is 1. The molecule has 2 aromatic rings. The third-order valence-corrected chi connectivity index (χ3v) is 2.90. The van der Waals surface area contributed by atoms with Gasteiger partial charge in [0.25, 0.3) is 0 Å². The Morgan fingerprint density at radius 1 is 1.21 bits per heavy atom. The highest BCUT2D eigenvalue weighted by Gasteiger charge is 2.28. The van der Waals surface area contributed by atoms with E-state index in [1.807, 2.05) is 6.07 Å². The van der Waals surface area contributed by atoms with Crippen LogP contribution in [0.2, 0.25) is 0 Å². The number of pyridine rings is 1. The van der Waals surface area contributed by atoms with Crippen LogP contribution < -0.4 is 10.1 Å². The second-order valence-corrected chi connectivity index (χ2v) is 4.89. The molecule has 126 valence electrons. The van der Waals surface area contributed by atoms with Crippen molar-refractivity contribution in [2.24, 2.45) is 0 Å². The molecular formula is C17H15F3N2O2. The molecule has 0 spiro atoms. The van der Waals surface area contributed by atoms with Crippen LogP contribution in [0.4, 0.5) is 13.2 Å². The van der Waals surface area contributed by atoms with E-state index in [1.165, 1.54) is 18.2 Å². The van der Waals surface area contributed by atoms with Crippen molar-refractivity contribution in [3.8, 4) is 5.75 Å². The summed E-state index contributed by atoms with van der Waals surface area (Å²) in [6, 6.07) is 9.63. The summed E-state index contributed by atoms with van der Waals surface area (Å²) in [6.07, 6.45) is 1.92. The number of halogens is 3. The van der Waals surface area contributed by atoms with E-state index in [9.17, 15) is 18.0 Å². The lowest BCUT2D eigenvalue weighted by Crippen LogP contribution is -2.20. The van der Waals surface area contributed by atoms with Gasteiger partial charge in [-0.1, -0.05) is 18.2 Å². The van der Waals surface area contributed by atoms with E-state index in [2.05, 4.69) is 15.0 Å². The molecule has 0 fully saturated rings. The molecule has 2 rings (SSSR count). The zero-order chi connectivity index (χ0) is 17.4. The second-order valence-electron chi connectivity index (χ2n) is 4.89. The lowest BCUT2D eigenvalue weighted by Gasteiger charge is -2.09. The summed E-state index contributed by atoms with van der Waals surface area (Å²) < 4.78 is 40.7. The maximum atomic E-state index is 12.0. The lowest BCUT2D eigenvalue weighted by molar-refractivity contribution is -0.153. The predicted octanol–water partition coefficient (Wildman–Crippen LogP) is 3.35. The van der Waals surface area contributed by atoms with Gasteiger partial charge in [0.15, 0.2) is 6.61 Å². The van der Waals surface area contributed by atoms with Crippen molar-refractivity contribution in [3.05, 3.63) is 66.0 Å². The first-order valence-corrected chi connectivity index (χ1v) is 7.07. The molecule has 0 bridgehead atoms. The summed E-state index contributed by atoms with van der Waals surface area (Å²) >= 11 is 0.